The normalized spacial score (nSPS) is 18.4. The molecule has 1 aromatic heterocycles. The Labute approximate surface area is 284 Å². The van der Waals surface area contributed by atoms with Crippen LogP contribution in [0.25, 0.3) is 33.2 Å². The molecule has 2 amide bonds. The third-order valence-corrected chi connectivity index (χ3v) is 12.3. The fourth-order valence-electron chi connectivity index (χ4n) is 6.68. The van der Waals surface area contributed by atoms with Crippen LogP contribution in [-0.2, 0) is 38.7 Å². The minimum Gasteiger partial charge on any atom is -0.370 e. The lowest BCUT2D eigenvalue weighted by Gasteiger charge is -2.26. The zero-order valence-corrected chi connectivity index (χ0v) is 28.0. The van der Waals surface area contributed by atoms with Crippen molar-refractivity contribution in [2.75, 3.05) is 5.06 Å². The van der Waals surface area contributed by atoms with Gasteiger partial charge in [-0.1, -0.05) is 72.8 Å². The van der Waals surface area contributed by atoms with Crippen molar-refractivity contribution in [1.29, 1.82) is 0 Å². The quantitative estimate of drug-likeness (QED) is 0.162. The SMILES string of the molecule is NC(=O)CC1C=CC=CS1(=O)=O.O=C(C1CC1)N(O)c1cccc(-c2ccc(C3=Cc4ccc5c(c4CC3)CCc3ccccc3-5)s2)c1. The van der Waals surface area contributed by atoms with E-state index in [9.17, 15) is 23.2 Å². The van der Waals surface area contributed by atoms with E-state index in [2.05, 4.69) is 54.6 Å². The number of carbonyl (C=O) groups is 2. The third kappa shape index (κ3) is 6.58. The molecule has 2 heterocycles. The van der Waals surface area contributed by atoms with Crippen LogP contribution in [0.3, 0.4) is 0 Å². The average molecular weight is 677 g/mol. The van der Waals surface area contributed by atoms with Gasteiger partial charge in [-0.2, -0.15) is 5.06 Å². The number of hydrogen-bond donors (Lipinski definition) is 2. The van der Waals surface area contributed by atoms with E-state index in [0.717, 1.165) is 59.4 Å². The molecule has 0 spiro atoms. The van der Waals surface area contributed by atoms with Gasteiger partial charge in [0.1, 0.15) is 0 Å². The van der Waals surface area contributed by atoms with Gasteiger partial charge >= 0.3 is 0 Å². The van der Waals surface area contributed by atoms with Crippen LogP contribution in [0.5, 0.6) is 0 Å². The Morgan fingerprint density at radius 3 is 2.44 bits per heavy atom. The molecule has 1 unspecified atom stereocenters. The highest BCUT2D eigenvalue weighted by Crippen LogP contribution is 2.42. The van der Waals surface area contributed by atoms with Crippen molar-refractivity contribution in [1.82, 2.24) is 0 Å². The molecular weight excluding hydrogens is 641 g/mol. The number of nitrogens with two attached hydrogens (primary N) is 1. The van der Waals surface area contributed by atoms with E-state index < -0.39 is 21.0 Å². The predicted molar refractivity (Wildman–Crippen MR) is 192 cm³/mol. The number of aryl methyl sites for hydroxylation is 1. The molecule has 3 aliphatic carbocycles. The zero-order valence-electron chi connectivity index (χ0n) is 26.3. The second-order valence-corrected chi connectivity index (χ2v) is 15.8. The van der Waals surface area contributed by atoms with Crippen LogP contribution in [0.4, 0.5) is 5.69 Å². The molecule has 0 bridgehead atoms. The second kappa shape index (κ2) is 13.1. The van der Waals surface area contributed by atoms with E-state index in [0.29, 0.717) is 5.69 Å². The maximum atomic E-state index is 12.3. The summed E-state index contributed by atoms with van der Waals surface area (Å²) in [6.45, 7) is 0. The van der Waals surface area contributed by atoms with Crippen LogP contribution in [0, 0.1) is 5.92 Å². The number of thiophene rings is 1. The first-order valence-electron chi connectivity index (χ1n) is 16.2. The van der Waals surface area contributed by atoms with Gasteiger partial charge in [0, 0.05) is 27.5 Å². The average Bonchev–Trinajstić information content (AvgIpc) is 3.83. The molecule has 244 valence electrons. The van der Waals surface area contributed by atoms with Crippen molar-refractivity contribution in [2.24, 2.45) is 11.7 Å². The summed E-state index contributed by atoms with van der Waals surface area (Å²) in [5.41, 5.74) is 16.6. The standard InChI is InChI=1S/C32H27NO2S.C7H9NO3S/c34-32(21-8-9-21)33(35)25-6-3-5-23(19-25)30-16-17-31(36-30)24-12-13-27-22(18-24)11-15-28-26-7-2-1-4-20(26)10-14-29(27)28;8-7(9)5-6-3-1-2-4-12(6,10)11/h1-7,11,15-19,21,35H,8-10,12-14H2;1-4,6H,5H2,(H2,8,9). The van der Waals surface area contributed by atoms with Crippen molar-refractivity contribution >= 4 is 50.3 Å². The van der Waals surface area contributed by atoms with E-state index in [1.807, 2.05) is 18.2 Å². The summed E-state index contributed by atoms with van der Waals surface area (Å²) in [6, 6.07) is 25.5. The summed E-state index contributed by atoms with van der Waals surface area (Å²) >= 11 is 1.78. The Hall–Kier alpha value is -4.57. The van der Waals surface area contributed by atoms with Crippen LogP contribution < -0.4 is 10.8 Å². The smallest absolute Gasteiger partial charge is 0.253 e. The van der Waals surface area contributed by atoms with E-state index in [-0.39, 0.29) is 18.2 Å². The molecule has 1 aliphatic heterocycles. The fraction of sp³-hybridized carbons (Fsp3) is 0.231. The number of rotatable bonds is 6. The molecule has 3 aromatic carbocycles. The molecule has 9 heteroatoms. The number of sulfone groups is 1. The Morgan fingerprint density at radius 2 is 1.65 bits per heavy atom. The molecule has 3 N–H and O–H groups in total. The Morgan fingerprint density at radius 1 is 0.854 bits per heavy atom. The number of hydrogen-bond acceptors (Lipinski definition) is 6. The van der Waals surface area contributed by atoms with Crippen molar-refractivity contribution < 1.29 is 23.2 Å². The van der Waals surface area contributed by atoms with Crippen LogP contribution in [0.2, 0.25) is 0 Å². The van der Waals surface area contributed by atoms with Gasteiger partial charge in [0.05, 0.1) is 10.9 Å². The lowest BCUT2D eigenvalue weighted by Crippen LogP contribution is -2.28. The summed E-state index contributed by atoms with van der Waals surface area (Å²) in [5.74, 6) is -0.826. The number of carbonyl (C=O) groups excluding carboxylic acids is 2. The van der Waals surface area contributed by atoms with Gasteiger partial charge in [-0.25, -0.2) is 8.42 Å². The van der Waals surface area contributed by atoms with Crippen molar-refractivity contribution in [3.8, 4) is 21.6 Å². The fourth-order valence-corrected chi connectivity index (χ4v) is 8.94. The van der Waals surface area contributed by atoms with Crippen LogP contribution in [0.1, 0.15) is 52.8 Å². The lowest BCUT2D eigenvalue weighted by molar-refractivity contribution is -0.124. The van der Waals surface area contributed by atoms with E-state index >= 15 is 0 Å². The number of primary amides is 1. The Kier molecular flexibility index (Phi) is 8.76. The highest BCUT2D eigenvalue weighted by atomic mass is 32.2. The number of allylic oxidation sites excluding steroid dienone is 3. The second-order valence-electron chi connectivity index (χ2n) is 12.6. The minimum atomic E-state index is -3.29. The Balaban J connectivity index is 0.000000259. The Bertz CT molecular complexity index is 2120. The van der Waals surface area contributed by atoms with Gasteiger partial charge in [0.15, 0.2) is 9.84 Å². The van der Waals surface area contributed by atoms with Gasteiger partial charge in [-0.05, 0) is 107 Å². The molecule has 0 saturated heterocycles. The number of hydroxylamine groups is 1. The number of amides is 2. The van der Waals surface area contributed by atoms with Gasteiger partial charge < -0.3 is 5.73 Å². The monoisotopic (exact) mass is 676 g/mol. The van der Waals surface area contributed by atoms with Crippen molar-refractivity contribution in [3.05, 3.63) is 124 Å². The first-order valence-corrected chi connectivity index (χ1v) is 18.6. The zero-order chi connectivity index (χ0) is 33.4. The summed E-state index contributed by atoms with van der Waals surface area (Å²) in [5, 5.41) is 11.5. The number of fused-ring (bicyclic) bond motifs is 5. The van der Waals surface area contributed by atoms with Crippen LogP contribution in [-0.4, -0.2) is 30.7 Å². The molecule has 1 fully saturated rings. The van der Waals surface area contributed by atoms with Crippen molar-refractivity contribution in [2.45, 2.75) is 50.2 Å². The molecule has 4 aromatic rings. The maximum absolute atomic E-state index is 12.3. The summed E-state index contributed by atoms with van der Waals surface area (Å²) in [6.07, 6.45) is 12.8. The highest BCUT2D eigenvalue weighted by Gasteiger charge is 2.34. The number of benzene rings is 3. The van der Waals surface area contributed by atoms with E-state index in [1.165, 1.54) is 50.4 Å². The van der Waals surface area contributed by atoms with Gasteiger partial charge in [0.25, 0.3) is 5.91 Å². The van der Waals surface area contributed by atoms with Gasteiger partial charge in [-0.3, -0.25) is 14.8 Å². The first kappa shape index (κ1) is 32.0. The van der Waals surface area contributed by atoms with Gasteiger partial charge in [0.2, 0.25) is 5.91 Å². The van der Waals surface area contributed by atoms with E-state index in [1.54, 1.807) is 29.0 Å². The summed E-state index contributed by atoms with van der Waals surface area (Å²) in [4.78, 5) is 25.2. The topological polar surface area (TPSA) is 118 Å². The van der Waals surface area contributed by atoms with Crippen molar-refractivity contribution in [3.63, 3.8) is 0 Å². The van der Waals surface area contributed by atoms with E-state index in [4.69, 9.17) is 5.73 Å². The molecule has 0 radical (unpaired) electrons. The minimum absolute atomic E-state index is 0.0199. The predicted octanol–water partition coefficient (Wildman–Crippen LogP) is 7.53. The number of nitrogens with zero attached hydrogens (tertiary/aromatic N) is 1. The van der Waals surface area contributed by atoms with Crippen LogP contribution >= 0.6 is 11.3 Å². The molecule has 1 saturated carbocycles. The summed E-state index contributed by atoms with van der Waals surface area (Å²) < 4.78 is 22.3. The molecule has 7 nitrogen and oxygen atoms in total. The highest BCUT2D eigenvalue weighted by molar-refractivity contribution is 7.95. The first-order chi connectivity index (χ1) is 23.2. The largest absolute Gasteiger partial charge is 0.370 e. The summed E-state index contributed by atoms with van der Waals surface area (Å²) in [7, 11) is -3.29. The third-order valence-electron chi connectivity index (χ3n) is 9.36. The molecule has 4 aliphatic rings. The molecular formula is C39H36N2O5S2. The molecule has 8 rings (SSSR count). The maximum Gasteiger partial charge on any atom is 0.253 e. The molecule has 48 heavy (non-hydrogen) atoms. The lowest BCUT2D eigenvalue weighted by atomic mass is 9.78. The number of anilines is 1. The van der Waals surface area contributed by atoms with Gasteiger partial charge in [-0.15, -0.1) is 11.3 Å². The molecule has 1 atom stereocenters. The van der Waals surface area contributed by atoms with Crippen LogP contribution in [0.15, 0.2) is 96.4 Å².